The molecule has 104 valence electrons. The maximum absolute atomic E-state index is 11.8. The number of ether oxygens (including phenoxy) is 1. The molecule has 18 heavy (non-hydrogen) atoms. The number of carbonyl (C=O) groups is 1. The van der Waals surface area contributed by atoms with E-state index in [0.717, 1.165) is 44.7 Å². The second-order valence-corrected chi connectivity index (χ2v) is 5.67. The van der Waals surface area contributed by atoms with Crippen LogP contribution in [-0.4, -0.2) is 47.8 Å². The third kappa shape index (κ3) is 2.69. The van der Waals surface area contributed by atoms with Crippen molar-refractivity contribution in [1.29, 1.82) is 0 Å². The lowest BCUT2D eigenvalue weighted by Crippen LogP contribution is -2.59. The molecule has 0 aromatic heterocycles. The quantitative estimate of drug-likeness (QED) is 0.836. The number of hydrogen-bond acceptors (Lipinski definition) is 3. The SMILES string of the molecule is CCCC1CCC(C(=O)O)(N2CCOCC2)CC1. The number of carboxylic acid groups (broad SMARTS) is 1. The van der Waals surface area contributed by atoms with Crippen LogP contribution in [0, 0.1) is 5.92 Å². The fourth-order valence-corrected chi connectivity index (χ4v) is 3.51. The summed E-state index contributed by atoms with van der Waals surface area (Å²) >= 11 is 0. The third-order valence-corrected chi connectivity index (χ3v) is 4.64. The van der Waals surface area contributed by atoms with Gasteiger partial charge in [-0.3, -0.25) is 9.69 Å². The molecular formula is C14H25NO3. The Labute approximate surface area is 109 Å². The Morgan fingerprint density at radius 2 is 1.94 bits per heavy atom. The van der Waals surface area contributed by atoms with Gasteiger partial charge in [-0.15, -0.1) is 0 Å². The predicted molar refractivity (Wildman–Crippen MR) is 69.6 cm³/mol. The zero-order chi connectivity index (χ0) is 13.0. The first-order chi connectivity index (χ1) is 8.69. The maximum Gasteiger partial charge on any atom is 0.324 e. The number of morpholine rings is 1. The predicted octanol–water partition coefficient (Wildman–Crippen LogP) is 2.13. The number of nitrogens with zero attached hydrogens (tertiary/aromatic N) is 1. The molecule has 0 amide bonds. The summed E-state index contributed by atoms with van der Waals surface area (Å²) in [6, 6.07) is 0. The highest BCUT2D eigenvalue weighted by Gasteiger charge is 2.46. The minimum atomic E-state index is -0.626. The van der Waals surface area contributed by atoms with E-state index in [1.165, 1.54) is 12.8 Å². The van der Waals surface area contributed by atoms with Crippen molar-refractivity contribution < 1.29 is 14.6 Å². The average molecular weight is 255 g/mol. The van der Waals surface area contributed by atoms with Crippen molar-refractivity contribution in [2.45, 2.75) is 51.0 Å². The van der Waals surface area contributed by atoms with Gasteiger partial charge in [0.05, 0.1) is 13.2 Å². The van der Waals surface area contributed by atoms with Crippen molar-refractivity contribution in [3.63, 3.8) is 0 Å². The number of aliphatic carboxylic acids is 1. The largest absolute Gasteiger partial charge is 0.480 e. The second kappa shape index (κ2) is 6.02. The van der Waals surface area contributed by atoms with Gasteiger partial charge in [0.25, 0.3) is 0 Å². The summed E-state index contributed by atoms with van der Waals surface area (Å²) in [5.41, 5.74) is -0.603. The van der Waals surface area contributed by atoms with Gasteiger partial charge in [-0.25, -0.2) is 0 Å². The third-order valence-electron chi connectivity index (χ3n) is 4.64. The lowest BCUT2D eigenvalue weighted by molar-refractivity contribution is -0.158. The van der Waals surface area contributed by atoms with Crippen LogP contribution in [0.2, 0.25) is 0 Å². The lowest BCUT2D eigenvalue weighted by atomic mass is 9.74. The lowest BCUT2D eigenvalue weighted by Gasteiger charge is -2.46. The first-order valence-corrected chi connectivity index (χ1v) is 7.25. The molecule has 2 rings (SSSR count). The van der Waals surface area contributed by atoms with Gasteiger partial charge in [-0.05, 0) is 31.6 Å². The number of carboxylic acids is 1. The van der Waals surface area contributed by atoms with Gasteiger partial charge in [-0.1, -0.05) is 19.8 Å². The summed E-state index contributed by atoms with van der Waals surface area (Å²) in [5, 5.41) is 9.67. The van der Waals surface area contributed by atoms with Gasteiger partial charge in [0.1, 0.15) is 5.54 Å². The van der Waals surface area contributed by atoms with Gasteiger partial charge in [-0.2, -0.15) is 0 Å². The molecule has 4 nitrogen and oxygen atoms in total. The molecule has 0 bridgehead atoms. The fourth-order valence-electron chi connectivity index (χ4n) is 3.51. The van der Waals surface area contributed by atoms with Gasteiger partial charge in [0, 0.05) is 13.1 Å². The van der Waals surface area contributed by atoms with Crippen molar-refractivity contribution in [3.8, 4) is 0 Å². The topological polar surface area (TPSA) is 49.8 Å². The molecule has 2 fully saturated rings. The highest BCUT2D eigenvalue weighted by molar-refractivity contribution is 5.79. The van der Waals surface area contributed by atoms with Gasteiger partial charge in [0.2, 0.25) is 0 Å². The summed E-state index contributed by atoms with van der Waals surface area (Å²) in [6.45, 7) is 5.09. The molecule has 1 N–H and O–H groups in total. The molecule has 0 unspecified atom stereocenters. The van der Waals surface area contributed by atoms with Crippen LogP contribution in [0.3, 0.4) is 0 Å². The van der Waals surface area contributed by atoms with Crippen molar-refractivity contribution in [3.05, 3.63) is 0 Å². The molecule has 1 heterocycles. The molecule has 1 saturated carbocycles. The highest BCUT2D eigenvalue weighted by atomic mass is 16.5. The molecular weight excluding hydrogens is 230 g/mol. The zero-order valence-corrected chi connectivity index (χ0v) is 11.4. The van der Waals surface area contributed by atoms with E-state index in [0.29, 0.717) is 13.2 Å². The molecule has 1 aliphatic heterocycles. The summed E-state index contributed by atoms with van der Waals surface area (Å²) in [6.07, 6.45) is 6.22. The Morgan fingerprint density at radius 1 is 1.33 bits per heavy atom. The van der Waals surface area contributed by atoms with Crippen LogP contribution >= 0.6 is 0 Å². The van der Waals surface area contributed by atoms with Gasteiger partial charge in [0.15, 0.2) is 0 Å². The minimum Gasteiger partial charge on any atom is -0.480 e. The zero-order valence-electron chi connectivity index (χ0n) is 11.4. The second-order valence-electron chi connectivity index (χ2n) is 5.67. The van der Waals surface area contributed by atoms with E-state index in [-0.39, 0.29) is 0 Å². The van der Waals surface area contributed by atoms with Crippen molar-refractivity contribution in [2.75, 3.05) is 26.3 Å². The number of hydrogen-bond donors (Lipinski definition) is 1. The summed E-state index contributed by atoms with van der Waals surface area (Å²) in [7, 11) is 0. The number of rotatable bonds is 4. The molecule has 1 aliphatic carbocycles. The Bertz CT molecular complexity index is 279. The van der Waals surface area contributed by atoms with Crippen molar-refractivity contribution in [2.24, 2.45) is 5.92 Å². The fraction of sp³-hybridized carbons (Fsp3) is 0.929. The van der Waals surface area contributed by atoms with Crippen molar-refractivity contribution in [1.82, 2.24) is 4.90 Å². The molecule has 4 heteroatoms. The monoisotopic (exact) mass is 255 g/mol. The van der Waals surface area contributed by atoms with Crippen LogP contribution in [0.25, 0.3) is 0 Å². The first-order valence-electron chi connectivity index (χ1n) is 7.25. The highest BCUT2D eigenvalue weighted by Crippen LogP contribution is 2.38. The molecule has 0 atom stereocenters. The van der Waals surface area contributed by atoms with Crippen LogP contribution in [0.15, 0.2) is 0 Å². The Hall–Kier alpha value is -0.610. The summed E-state index contributed by atoms with van der Waals surface area (Å²) in [5.74, 6) is 0.114. The van der Waals surface area contributed by atoms with Gasteiger partial charge < -0.3 is 9.84 Å². The van der Waals surface area contributed by atoms with E-state index in [1.54, 1.807) is 0 Å². The Morgan fingerprint density at radius 3 is 2.44 bits per heavy atom. The normalized spacial score (nSPS) is 34.4. The summed E-state index contributed by atoms with van der Waals surface area (Å²) < 4.78 is 5.34. The minimum absolute atomic E-state index is 0.603. The van der Waals surface area contributed by atoms with E-state index in [1.807, 2.05) is 0 Å². The molecule has 0 radical (unpaired) electrons. The van der Waals surface area contributed by atoms with E-state index < -0.39 is 11.5 Å². The molecule has 0 spiro atoms. The van der Waals surface area contributed by atoms with Crippen LogP contribution in [0.5, 0.6) is 0 Å². The maximum atomic E-state index is 11.8. The van der Waals surface area contributed by atoms with Crippen LogP contribution in [0.1, 0.15) is 45.4 Å². The van der Waals surface area contributed by atoms with Crippen LogP contribution < -0.4 is 0 Å². The molecule has 0 aromatic carbocycles. The average Bonchev–Trinajstić information content (AvgIpc) is 2.41. The Kier molecular flexibility index (Phi) is 4.62. The van der Waals surface area contributed by atoms with E-state index >= 15 is 0 Å². The first kappa shape index (κ1) is 13.8. The summed E-state index contributed by atoms with van der Waals surface area (Å²) in [4.78, 5) is 13.9. The van der Waals surface area contributed by atoms with E-state index in [2.05, 4.69) is 11.8 Å². The van der Waals surface area contributed by atoms with Crippen LogP contribution in [-0.2, 0) is 9.53 Å². The smallest absolute Gasteiger partial charge is 0.324 e. The molecule has 0 aromatic rings. The van der Waals surface area contributed by atoms with E-state index in [9.17, 15) is 9.90 Å². The standard InChI is InChI=1S/C14H25NO3/c1-2-3-12-4-6-14(7-5-12,13(16)17)15-8-10-18-11-9-15/h12H,2-11H2,1H3,(H,16,17). The Balaban J connectivity index is 2.02. The van der Waals surface area contributed by atoms with Gasteiger partial charge >= 0.3 is 5.97 Å². The van der Waals surface area contributed by atoms with E-state index in [4.69, 9.17) is 4.74 Å². The van der Waals surface area contributed by atoms with Crippen molar-refractivity contribution >= 4 is 5.97 Å². The molecule has 1 saturated heterocycles. The van der Waals surface area contributed by atoms with Crippen LogP contribution in [0.4, 0.5) is 0 Å². The molecule has 2 aliphatic rings.